The first kappa shape index (κ1) is 22.2. The fourth-order valence-electron chi connectivity index (χ4n) is 4.18. The largest absolute Gasteiger partial charge is 0.507 e. The number of ketones is 1. The first-order chi connectivity index (χ1) is 15.4. The monoisotopic (exact) mass is 457 g/mol. The molecule has 2 saturated heterocycles. The second-order valence-electron chi connectivity index (χ2n) is 7.71. The lowest BCUT2D eigenvalue weighted by Crippen LogP contribution is -2.36. The summed E-state index contributed by atoms with van der Waals surface area (Å²) in [5, 5.41) is 11.4. The maximum absolute atomic E-state index is 13.1. The van der Waals surface area contributed by atoms with Crippen molar-refractivity contribution in [2.45, 2.75) is 25.0 Å². The van der Waals surface area contributed by atoms with Gasteiger partial charge in [-0.05, 0) is 48.7 Å². The van der Waals surface area contributed by atoms with E-state index in [4.69, 9.17) is 25.8 Å². The number of nitrogens with zero attached hydrogens (tertiary/aromatic N) is 1. The van der Waals surface area contributed by atoms with Crippen molar-refractivity contribution in [1.82, 2.24) is 4.90 Å². The molecule has 2 aliphatic heterocycles. The molecule has 4 rings (SSSR count). The van der Waals surface area contributed by atoms with Crippen molar-refractivity contribution in [2.24, 2.45) is 0 Å². The van der Waals surface area contributed by atoms with Gasteiger partial charge in [-0.15, -0.1) is 0 Å². The van der Waals surface area contributed by atoms with E-state index in [1.54, 1.807) is 43.5 Å². The van der Waals surface area contributed by atoms with Crippen LogP contribution in [0.5, 0.6) is 11.5 Å². The number of hydrogen-bond acceptors (Lipinski definition) is 6. The fraction of sp³-hybridized carbons (Fsp3) is 0.333. The molecule has 168 valence electrons. The highest BCUT2D eigenvalue weighted by atomic mass is 35.5. The van der Waals surface area contributed by atoms with Crippen LogP contribution in [-0.2, 0) is 14.3 Å². The number of carbonyl (C=O) groups is 2. The zero-order valence-electron chi connectivity index (χ0n) is 17.8. The van der Waals surface area contributed by atoms with Crippen LogP contribution >= 0.6 is 11.6 Å². The van der Waals surface area contributed by atoms with Crippen LogP contribution in [0.4, 0.5) is 0 Å². The third kappa shape index (κ3) is 4.06. The minimum atomic E-state index is -0.758. The van der Waals surface area contributed by atoms with Crippen LogP contribution in [0.2, 0.25) is 5.02 Å². The number of rotatable bonds is 6. The van der Waals surface area contributed by atoms with Gasteiger partial charge in [-0.2, -0.15) is 0 Å². The van der Waals surface area contributed by atoms with E-state index in [0.29, 0.717) is 29.2 Å². The quantitative estimate of drug-likeness (QED) is 0.401. The molecule has 2 aromatic rings. The predicted molar refractivity (Wildman–Crippen MR) is 119 cm³/mol. The van der Waals surface area contributed by atoms with E-state index < -0.39 is 17.7 Å². The Morgan fingerprint density at radius 3 is 2.50 bits per heavy atom. The van der Waals surface area contributed by atoms with E-state index in [2.05, 4.69) is 0 Å². The van der Waals surface area contributed by atoms with Gasteiger partial charge in [0.2, 0.25) is 0 Å². The van der Waals surface area contributed by atoms with E-state index in [1.807, 2.05) is 0 Å². The molecular formula is C24H24ClNO6. The van der Waals surface area contributed by atoms with Gasteiger partial charge in [0.25, 0.3) is 11.7 Å². The number of methoxy groups -OCH3 is 2. The van der Waals surface area contributed by atoms with Crippen molar-refractivity contribution < 1.29 is 28.9 Å². The van der Waals surface area contributed by atoms with Crippen LogP contribution in [0.3, 0.4) is 0 Å². The van der Waals surface area contributed by atoms with Gasteiger partial charge in [0.05, 0.1) is 37.0 Å². The summed E-state index contributed by atoms with van der Waals surface area (Å²) in [6.07, 6.45) is 1.57. The van der Waals surface area contributed by atoms with Gasteiger partial charge in [0.15, 0.2) is 0 Å². The second-order valence-corrected chi connectivity index (χ2v) is 8.12. The molecule has 32 heavy (non-hydrogen) atoms. The van der Waals surface area contributed by atoms with Gasteiger partial charge in [0, 0.05) is 18.7 Å². The van der Waals surface area contributed by atoms with Gasteiger partial charge < -0.3 is 24.2 Å². The van der Waals surface area contributed by atoms with Crippen molar-refractivity contribution in [3.63, 3.8) is 0 Å². The third-order valence-electron chi connectivity index (χ3n) is 5.82. The van der Waals surface area contributed by atoms with E-state index in [1.165, 1.54) is 18.1 Å². The maximum Gasteiger partial charge on any atom is 0.295 e. The Morgan fingerprint density at radius 2 is 1.91 bits per heavy atom. The first-order valence-corrected chi connectivity index (χ1v) is 10.7. The molecule has 0 spiro atoms. The smallest absolute Gasteiger partial charge is 0.295 e. The molecule has 1 amide bonds. The molecule has 8 heteroatoms. The molecule has 2 aromatic carbocycles. The molecule has 7 nitrogen and oxygen atoms in total. The van der Waals surface area contributed by atoms with Crippen LogP contribution in [0.1, 0.15) is 30.0 Å². The van der Waals surface area contributed by atoms with Crippen molar-refractivity contribution in [3.05, 3.63) is 64.2 Å². The molecule has 2 unspecified atom stereocenters. The standard InChI is InChI=1S/C24H24ClNO6/c1-30-16-8-5-14(6-9-16)21-20(22(27)15-7-10-19(31-2)18(25)12-15)23(28)24(29)26(21)13-17-4-3-11-32-17/h5-10,12,17,21,27H,3-4,11,13H2,1-2H3/b22-20-. The number of aliphatic hydroxyl groups is 1. The van der Waals surface area contributed by atoms with Gasteiger partial charge in [-0.25, -0.2) is 0 Å². The molecule has 0 aliphatic carbocycles. The highest BCUT2D eigenvalue weighted by Gasteiger charge is 2.47. The van der Waals surface area contributed by atoms with Gasteiger partial charge >= 0.3 is 0 Å². The Hall–Kier alpha value is -3.03. The lowest BCUT2D eigenvalue weighted by molar-refractivity contribution is -0.140. The van der Waals surface area contributed by atoms with Gasteiger partial charge in [-0.1, -0.05) is 23.7 Å². The average molecular weight is 458 g/mol. The highest BCUT2D eigenvalue weighted by molar-refractivity contribution is 6.46. The van der Waals surface area contributed by atoms with Crippen LogP contribution in [0.15, 0.2) is 48.0 Å². The van der Waals surface area contributed by atoms with E-state index in [9.17, 15) is 14.7 Å². The number of halogens is 1. The normalized spacial score (nSPS) is 22.4. The van der Waals surface area contributed by atoms with E-state index in [0.717, 1.165) is 12.8 Å². The van der Waals surface area contributed by atoms with Crippen LogP contribution in [-0.4, -0.2) is 55.2 Å². The molecule has 2 fully saturated rings. The minimum Gasteiger partial charge on any atom is -0.507 e. The van der Waals surface area contributed by atoms with Crippen molar-refractivity contribution >= 4 is 29.1 Å². The number of benzene rings is 2. The Kier molecular flexibility index (Phi) is 6.39. The summed E-state index contributed by atoms with van der Waals surface area (Å²) in [5.74, 6) is -0.611. The van der Waals surface area contributed by atoms with Gasteiger partial charge in [-0.3, -0.25) is 9.59 Å². The topological polar surface area (TPSA) is 85.3 Å². The molecule has 0 aromatic heterocycles. The Bertz CT molecular complexity index is 1060. The molecule has 2 heterocycles. The predicted octanol–water partition coefficient (Wildman–Crippen LogP) is 3.96. The van der Waals surface area contributed by atoms with Crippen LogP contribution in [0, 0.1) is 0 Å². The number of Topliss-reactive ketones (excluding diaryl/α,β-unsaturated/α-hetero) is 1. The number of hydrogen-bond donors (Lipinski definition) is 1. The number of aliphatic hydroxyl groups excluding tert-OH is 1. The Labute approximate surface area is 191 Å². The van der Waals surface area contributed by atoms with Crippen molar-refractivity contribution in [3.8, 4) is 11.5 Å². The summed E-state index contributed by atoms with van der Waals surface area (Å²) < 4.78 is 16.1. The first-order valence-electron chi connectivity index (χ1n) is 10.3. The summed E-state index contributed by atoms with van der Waals surface area (Å²) in [5.41, 5.74) is 1.02. The average Bonchev–Trinajstić information content (AvgIpc) is 3.41. The molecule has 0 radical (unpaired) electrons. The molecule has 0 saturated carbocycles. The van der Waals surface area contributed by atoms with E-state index in [-0.39, 0.29) is 29.0 Å². The van der Waals surface area contributed by atoms with Crippen LogP contribution in [0.25, 0.3) is 5.76 Å². The molecule has 1 N–H and O–H groups in total. The zero-order chi connectivity index (χ0) is 22.8. The Morgan fingerprint density at radius 1 is 1.16 bits per heavy atom. The summed E-state index contributed by atoms with van der Waals surface area (Å²) >= 11 is 6.22. The van der Waals surface area contributed by atoms with Crippen LogP contribution < -0.4 is 9.47 Å². The number of ether oxygens (including phenoxy) is 3. The third-order valence-corrected chi connectivity index (χ3v) is 6.12. The summed E-state index contributed by atoms with van der Waals surface area (Å²) in [6, 6.07) is 11.0. The summed E-state index contributed by atoms with van der Waals surface area (Å²) in [6.45, 7) is 0.896. The lowest BCUT2D eigenvalue weighted by atomic mass is 9.95. The summed E-state index contributed by atoms with van der Waals surface area (Å²) in [4.78, 5) is 27.6. The molecule has 0 bridgehead atoms. The Balaban J connectivity index is 1.81. The molecule has 2 aliphatic rings. The number of amides is 1. The summed E-state index contributed by atoms with van der Waals surface area (Å²) in [7, 11) is 3.05. The maximum atomic E-state index is 13.1. The number of likely N-dealkylation sites (tertiary alicyclic amines) is 1. The zero-order valence-corrected chi connectivity index (χ0v) is 18.6. The second kappa shape index (κ2) is 9.22. The minimum absolute atomic E-state index is 0.0133. The van der Waals surface area contributed by atoms with Gasteiger partial charge in [0.1, 0.15) is 17.3 Å². The molecular weight excluding hydrogens is 434 g/mol. The SMILES string of the molecule is COc1ccc(C2/C(=C(/O)c3ccc(OC)c(Cl)c3)C(=O)C(=O)N2CC2CCCO2)cc1. The van der Waals surface area contributed by atoms with Crippen molar-refractivity contribution in [1.29, 1.82) is 0 Å². The number of carbonyl (C=O) groups excluding carboxylic acids is 2. The molecule has 2 atom stereocenters. The highest BCUT2D eigenvalue weighted by Crippen LogP contribution is 2.41. The van der Waals surface area contributed by atoms with E-state index >= 15 is 0 Å². The fourth-order valence-corrected chi connectivity index (χ4v) is 4.44. The lowest BCUT2D eigenvalue weighted by Gasteiger charge is -2.27. The van der Waals surface area contributed by atoms with Crippen molar-refractivity contribution in [2.75, 3.05) is 27.4 Å².